The van der Waals surface area contributed by atoms with Crippen LogP contribution in [0.4, 0.5) is 0 Å². The summed E-state index contributed by atoms with van der Waals surface area (Å²) in [5.41, 5.74) is 8.73. The lowest BCUT2D eigenvalue weighted by atomic mass is 10.2. The van der Waals surface area contributed by atoms with E-state index in [1.807, 2.05) is 38.2 Å². The fraction of sp³-hybridized carbons (Fsp3) is 0.333. The second kappa shape index (κ2) is 4.85. The summed E-state index contributed by atoms with van der Waals surface area (Å²) < 4.78 is 1.71. The smallest absolute Gasteiger partial charge is 0.0998 e. The summed E-state index contributed by atoms with van der Waals surface area (Å²) in [7, 11) is 0. The van der Waals surface area contributed by atoms with E-state index in [9.17, 15) is 0 Å². The average Bonchev–Trinajstić information content (AvgIpc) is 2.80. The van der Waals surface area contributed by atoms with Crippen LogP contribution < -0.4 is 5.73 Å². The molecule has 1 aromatic heterocycles. The Morgan fingerprint density at radius 1 is 1.47 bits per heavy atom. The molecule has 0 saturated carbocycles. The molecule has 5 heteroatoms. The van der Waals surface area contributed by atoms with Gasteiger partial charge in [-0.3, -0.25) is 0 Å². The molecule has 0 amide bonds. The van der Waals surface area contributed by atoms with Gasteiger partial charge in [0.25, 0.3) is 0 Å². The van der Waals surface area contributed by atoms with Gasteiger partial charge in [0.2, 0.25) is 0 Å². The number of rotatable bonds is 3. The summed E-state index contributed by atoms with van der Waals surface area (Å²) in [6.45, 7) is 4.03. The van der Waals surface area contributed by atoms with Crippen LogP contribution >= 0.6 is 11.6 Å². The summed E-state index contributed by atoms with van der Waals surface area (Å²) in [4.78, 5) is 0. The van der Waals surface area contributed by atoms with Crippen LogP contribution in [0.3, 0.4) is 0 Å². The number of nitrogens with zero attached hydrogens (tertiary/aromatic N) is 3. The summed E-state index contributed by atoms with van der Waals surface area (Å²) in [5, 5.41) is 8.85. The van der Waals surface area contributed by atoms with E-state index in [0.29, 0.717) is 5.02 Å². The van der Waals surface area contributed by atoms with Crippen molar-refractivity contribution in [2.24, 2.45) is 5.73 Å². The zero-order valence-corrected chi connectivity index (χ0v) is 10.6. The number of aromatic nitrogens is 3. The van der Waals surface area contributed by atoms with Crippen LogP contribution in [-0.2, 0) is 0 Å². The molecular formula is C12H15ClN4. The van der Waals surface area contributed by atoms with E-state index in [1.165, 1.54) is 0 Å². The van der Waals surface area contributed by atoms with Crippen LogP contribution in [0, 0.1) is 6.92 Å². The van der Waals surface area contributed by atoms with Crippen LogP contribution in [-0.4, -0.2) is 15.0 Å². The van der Waals surface area contributed by atoms with Crippen molar-refractivity contribution in [3.05, 3.63) is 40.7 Å². The first kappa shape index (κ1) is 12.1. The number of halogens is 1. The predicted molar refractivity (Wildman–Crippen MR) is 68.3 cm³/mol. The molecule has 0 bridgehead atoms. The first-order chi connectivity index (χ1) is 8.11. The fourth-order valence-electron chi connectivity index (χ4n) is 1.60. The Balaban J connectivity index is 2.40. The molecular weight excluding hydrogens is 236 g/mol. The van der Waals surface area contributed by atoms with Gasteiger partial charge in [-0.15, -0.1) is 5.10 Å². The Bertz CT molecular complexity index is 521. The molecule has 0 saturated heterocycles. The predicted octanol–water partition coefficient (Wildman–Crippen LogP) is 2.64. The Morgan fingerprint density at radius 2 is 2.24 bits per heavy atom. The van der Waals surface area contributed by atoms with E-state index < -0.39 is 0 Å². The standard InChI is InChI=1S/C12H15ClN4/c1-3-10(14)11-7-17(16-15-11)12-6-9(13)5-4-8(12)2/h4-7,10H,3,14H2,1-2H3. The highest BCUT2D eigenvalue weighted by molar-refractivity contribution is 6.30. The average molecular weight is 251 g/mol. The van der Waals surface area contributed by atoms with Gasteiger partial charge in [0.15, 0.2) is 0 Å². The molecule has 0 aliphatic rings. The van der Waals surface area contributed by atoms with Gasteiger partial charge in [0.1, 0.15) is 0 Å². The molecule has 1 heterocycles. The zero-order chi connectivity index (χ0) is 12.4. The van der Waals surface area contributed by atoms with Crippen molar-refractivity contribution >= 4 is 11.6 Å². The molecule has 4 nitrogen and oxygen atoms in total. The van der Waals surface area contributed by atoms with Crippen LogP contribution in [0.5, 0.6) is 0 Å². The van der Waals surface area contributed by atoms with E-state index in [-0.39, 0.29) is 6.04 Å². The molecule has 1 aromatic carbocycles. The van der Waals surface area contributed by atoms with E-state index in [4.69, 9.17) is 17.3 Å². The monoisotopic (exact) mass is 250 g/mol. The fourth-order valence-corrected chi connectivity index (χ4v) is 1.77. The van der Waals surface area contributed by atoms with E-state index in [2.05, 4.69) is 10.3 Å². The van der Waals surface area contributed by atoms with Crippen molar-refractivity contribution in [1.29, 1.82) is 0 Å². The third-order valence-corrected chi connectivity index (χ3v) is 2.98. The number of nitrogens with two attached hydrogens (primary N) is 1. The van der Waals surface area contributed by atoms with Crippen molar-refractivity contribution in [3.63, 3.8) is 0 Å². The highest BCUT2D eigenvalue weighted by Gasteiger charge is 2.10. The van der Waals surface area contributed by atoms with Crippen LogP contribution in [0.1, 0.15) is 30.6 Å². The topological polar surface area (TPSA) is 56.7 Å². The van der Waals surface area contributed by atoms with E-state index in [0.717, 1.165) is 23.4 Å². The van der Waals surface area contributed by atoms with Crippen molar-refractivity contribution < 1.29 is 0 Å². The van der Waals surface area contributed by atoms with Crippen molar-refractivity contribution in [2.75, 3.05) is 0 Å². The van der Waals surface area contributed by atoms with Crippen LogP contribution in [0.2, 0.25) is 5.02 Å². The minimum absolute atomic E-state index is 0.0664. The molecule has 17 heavy (non-hydrogen) atoms. The number of hydrogen-bond acceptors (Lipinski definition) is 3. The van der Waals surface area contributed by atoms with Gasteiger partial charge >= 0.3 is 0 Å². The summed E-state index contributed by atoms with van der Waals surface area (Å²) >= 11 is 5.98. The molecule has 90 valence electrons. The molecule has 1 unspecified atom stereocenters. The van der Waals surface area contributed by atoms with Crippen LogP contribution in [0.15, 0.2) is 24.4 Å². The Kier molecular flexibility index (Phi) is 3.45. The SMILES string of the molecule is CCC(N)c1cn(-c2cc(Cl)ccc2C)nn1. The second-order valence-electron chi connectivity index (χ2n) is 4.03. The van der Waals surface area contributed by atoms with Crippen molar-refractivity contribution in [3.8, 4) is 5.69 Å². The second-order valence-corrected chi connectivity index (χ2v) is 4.47. The third-order valence-electron chi connectivity index (χ3n) is 2.75. The maximum absolute atomic E-state index is 5.98. The third kappa shape index (κ3) is 2.48. The van der Waals surface area contributed by atoms with Crippen molar-refractivity contribution in [1.82, 2.24) is 15.0 Å². The Morgan fingerprint density at radius 3 is 2.94 bits per heavy atom. The van der Waals surface area contributed by atoms with Gasteiger partial charge in [-0.1, -0.05) is 29.8 Å². The zero-order valence-electron chi connectivity index (χ0n) is 9.89. The summed E-state index contributed by atoms with van der Waals surface area (Å²) in [6, 6.07) is 5.62. The lowest BCUT2D eigenvalue weighted by Crippen LogP contribution is -2.08. The summed E-state index contributed by atoms with van der Waals surface area (Å²) in [5.74, 6) is 0. The van der Waals surface area contributed by atoms with E-state index in [1.54, 1.807) is 4.68 Å². The van der Waals surface area contributed by atoms with Crippen LogP contribution in [0.25, 0.3) is 5.69 Å². The highest BCUT2D eigenvalue weighted by atomic mass is 35.5. The van der Waals surface area contributed by atoms with E-state index >= 15 is 0 Å². The molecule has 2 aromatic rings. The van der Waals surface area contributed by atoms with Crippen molar-refractivity contribution in [2.45, 2.75) is 26.3 Å². The normalized spacial score (nSPS) is 12.7. The van der Waals surface area contributed by atoms with Gasteiger partial charge in [-0.05, 0) is 31.0 Å². The molecule has 2 rings (SSSR count). The quantitative estimate of drug-likeness (QED) is 0.911. The maximum atomic E-state index is 5.98. The van der Waals surface area contributed by atoms with Gasteiger partial charge < -0.3 is 5.73 Å². The number of aryl methyl sites for hydroxylation is 1. The molecule has 0 radical (unpaired) electrons. The first-order valence-electron chi connectivity index (χ1n) is 5.56. The van der Waals surface area contributed by atoms with Gasteiger partial charge in [-0.2, -0.15) is 0 Å². The Hall–Kier alpha value is -1.39. The number of hydrogen-bond donors (Lipinski definition) is 1. The lowest BCUT2D eigenvalue weighted by Gasteiger charge is -2.05. The molecule has 0 aliphatic carbocycles. The summed E-state index contributed by atoms with van der Waals surface area (Å²) in [6.07, 6.45) is 2.69. The molecule has 2 N–H and O–H groups in total. The molecule has 0 spiro atoms. The first-order valence-corrected chi connectivity index (χ1v) is 5.94. The highest BCUT2D eigenvalue weighted by Crippen LogP contribution is 2.19. The lowest BCUT2D eigenvalue weighted by molar-refractivity contribution is 0.670. The molecule has 0 fully saturated rings. The minimum Gasteiger partial charge on any atom is -0.323 e. The van der Waals surface area contributed by atoms with Gasteiger partial charge in [-0.25, -0.2) is 4.68 Å². The molecule has 0 aliphatic heterocycles. The molecule has 1 atom stereocenters. The van der Waals surface area contributed by atoms with Gasteiger partial charge in [0, 0.05) is 5.02 Å². The van der Waals surface area contributed by atoms with Gasteiger partial charge in [0.05, 0.1) is 23.6 Å². The number of benzene rings is 1. The maximum Gasteiger partial charge on any atom is 0.0998 e. The Labute approximate surface area is 105 Å². The largest absolute Gasteiger partial charge is 0.323 e. The minimum atomic E-state index is -0.0664.